The van der Waals surface area contributed by atoms with E-state index in [0.29, 0.717) is 17.6 Å². The van der Waals surface area contributed by atoms with Crippen LogP contribution in [0.2, 0.25) is 0 Å². The summed E-state index contributed by atoms with van der Waals surface area (Å²) in [5.41, 5.74) is 1.92. The summed E-state index contributed by atoms with van der Waals surface area (Å²) in [4.78, 5) is 23.5. The number of benzene rings is 2. The lowest BCUT2D eigenvalue weighted by molar-refractivity contribution is 0.0526. The molecule has 0 amide bonds. The van der Waals surface area contributed by atoms with Crippen molar-refractivity contribution >= 4 is 16.9 Å². The third-order valence-electron chi connectivity index (χ3n) is 3.24. The second-order valence-corrected chi connectivity index (χ2v) is 4.56. The first-order valence-electron chi connectivity index (χ1n) is 6.68. The molecule has 0 spiro atoms. The Balaban J connectivity index is 2.04. The van der Waals surface area contributed by atoms with Gasteiger partial charge in [0.25, 0.3) is 5.56 Å². The van der Waals surface area contributed by atoms with E-state index in [2.05, 4.69) is 5.10 Å². The second kappa shape index (κ2) is 5.28. The fourth-order valence-electron chi connectivity index (χ4n) is 2.25. The Morgan fingerprint density at radius 2 is 1.86 bits per heavy atom. The number of H-pyrrole nitrogens is 1. The maximum absolute atomic E-state index is 11.9. The molecular weight excluding hydrogens is 268 g/mol. The Labute approximate surface area is 120 Å². The van der Waals surface area contributed by atoms with E-state index in [1.165, 1.54) is 0 Å². The minimum atomic E-state index is -0.352. The van der Waals surface area contributed by atoms with E-state index in [4.69, 9.17) is 4.74 Å². The maximum atomic E-state index is 11.9. The van der Waals surface area contributed by atoms with Gasteiger partial charge in [-0.15, -0.1) is 0 Å². The molecule has 1 N–H and O–H groups in total. The van der Waals surface area contributed by atoms with E-state index in [-0.39, 0.29) is 11.5 Å². The molecule has 0 atom stereocenters. The minimum Gasteiger partial charge on any atom is -0.462 e. The molecule has 5 heteroatoms. The zero-order valence-electron chi connectivity index (χ0n) is 11.5. The number of rotatable bonds is 3. The van der Waals surface area contributed by atoms with Crippen molar-refractivity contribution in [2.45, 2.75) is 6.92 Å². The number of aromatic nitrogens is 2. The third kappa shape index (κ3) is 2.33. The van der Waals surface area contributed by atoms with E-state index >= 15 is 0 Å². The lowest BCUT2D eigenvalue weighted by atomic mass is 10.2. The van der Waals surface area contributed by atoms with Crippen molar-refractivity contribution in [1.29, 1.82) is 0 Å². The summed E-state index contributed by atoms with van der Waals surface area (Å²) in [7, 11) is 0. The molecule has 21 heavy (non-hydrogen) atoms. The van der Waals surface area contributed by atoms with Gasteiger partial charge >= 0.3 is 5.97 Å². The molecular formula is C16H14N2O3. The molecule has 0 fully saturated rings. The fraction of sp³-hybridized carbons (Fsp3) is 0.125. The number of hydrogen-bond donors (Lipinski definition) is 1. The van der Waals surface area contributed by atoms with Gasteiger partial charge in [0.05, 0.1) is 28.8 Å². The third-order valence-corrected chi connectivity index (χ3v) is 3.24. The monoisotopic (exact) mass is 282 g/mol. The van der Waals surface area contributed by atoms with Crippen LogP contribution in [0.3, 0.4) is 0 Å². The zero-order chi connectivity index (χ0) is 14.8. The largest absolute Gasteiger partial charge is 0.462 e. The van der Waals surface area contributed by atoms with Gasteiger partial charge in [0, 0.05) is 0 Å². The summed E-state index contributed by atoms with van der Waals surface area (Å²) >= 11 is 0. The van der Waals surface area contributed by atoms with E-state index in [0.717, 1.165) is 11.2 Å². The number of fused-ring (bicyclic) bond motifs is 1. The van der Waals surface area contributed by atoms with Crippen LogP contribution in [0.5, 0.6) is 0 Å². The van der Waals surface area contributed by atoms with Gasteiger partial charge in [0.1, 0.15) is 0 Å². The van der Waals surface area contributed by atoms with Crippen LogP contribution in [0.1, 0.15) is 17.3 Å². The summed E-state index contributed by atoms with van der Waals surface area (Å²) in [6.07, 6.45) is 0. The Morgan fingerprint density at radius 1 is 1.14 bits per heavy atom. The van der Waals surface area contributed by atoms with E-state index < -0.39 is 0 Å². The van der Waals surface area contributed by atoms with E-state index in [9.17, 15) is 9.59 Å². The van der Waals surface area contributed by atoms with Crippen molar-refractivity contribution in [2.24, 2.45) is 0 Å². The fourth-order valence-corrected chi connectivity index (χ4v) is 2.25. The van der Waals surface area contributed by atoms with Crippen LogP contribution in [-0.4, -0.2) is 22.4 Å². The van der Waals surface area contributed by atoms with Gasteiger partial charge in [-0.1, -0.05) is 12.1 Å². The topological polar surface area (TPSA) is 64.1 Å². The average Bonchev–Trinajstić information content (AvgIpc) is 2.85. The smallest absolute Gasteiger partial charge is 0.338 e. The molecule has 1 heterocycles. The molecule has 2 aromatic carbocycles. The minimum absolute atomic E-state index is 0.139. The molecule has 1 aromatic heterocycles. The van der Waals surface area contributed by atoms with Gasteiger partial charge in [-0.25, -0.2) is 4.79 Å². The zero-order valence-corrected chi connectivity index (χ0v) is 11.5. The highest BCUT2D eigenvalue weighted by Crippen LogP contribution is 2.16. The van der Waals surface area contributed by atoms with Gasteiger partial charge in [-0.2, -0.15) is 0 Å². The van der Waals surface area contributed by atoms with Crippen molar-refractivity contribution in [3.05, 3.63) is 64.4 Å². The van der Waals surface area contributed by atoms with Crippen molar-refractivity contribution in [1.82, 2.24) is 9.78 Å². The summed E-state index contributed by atoms with van der Waals surface area (Å²) in [5.74, 6) is -0.352. The number of esters is 1. The standard InChI is InChI=1S/C16H14N2O3/c1-2-21-16(20)11-7-9-12(10-8-11)18-14-6-4-3-5-13(14)15(19)17-18/h3-10H,2H2,1H3,(H,17,19). The summed E-state index contributed by atoms with van der Waals surface area (Å²) in [5, 5.41) is 3.42. The normalized spacial score (nSPS) is 10.7. The van der Waals surface area contributed by atoms with Gasteiger partial charge in [0.2, 0.25) is 0 Å². The molecule has 0 aliphatic rings. The highest BCUT2D eigenvalue weighted by molar-refractivity contribution is 5.89. The SMILES string of the molecule is CCOC(=O)c1ccc(-n2[nH]c(=O)c3ccccc32)cc1. The van der Waals surface area contributed by atoms with Crippen molar-refractivity contribution in [3.63, 3.8) is 0 Å². The van der Waals surface area contributed by atoms with E-state index in [1.54, 1.807) is 41.9 Å². The van der Waals surface area contributed by atoms with Crippen LogP contribution in [-0.2, 0) is 4.74 Å². The number of nitrogens with zero attached hydrogens (tertiary/aromatic N) is 1. The Kier molecular flexibility index (Phi) is 3.31. The molecule has 0 saturated carbocycles. The highest BCUT2D eigenvalue weighted by atomic mass is 16.5. The molecule has 3 aromatic rings. The molecule has 106 valence electrons. The van der Waals surface area contributed by atoms with Gasteiger partial charge in [-0.3, -0.25) is 14.6 Å². The number of carbonyl (C=O) groups is 1. The predicted octanol–water partition coefficient (Wildman–Crippen LogP) is 2.50. The summed E-state index contributed by atoms with van der Waals surface area (Å²) in [6, 6.07) is 14.2. The van der Waals surface area contributed by atoms with Gasteiger partial charge in [0.15, 0.2) is 0 Å². The second-order valence-electron chi connectivity index (χ2n) is 4.56. The van der Waals surface area contributed by atoms with Crippen LogP contribution in [0.25, 0.3) is 16.6 Å². The Hall–Kier alpha value is -2.82. The van der Waals surface area contributed by atoms with Crippen molar-refractivity contribution < 1.29 is 9.53 Å². The molecule has 0 unspecified atom stereocenters. The molecule has 0 saturated heterocycles. The van der Waals surface area contributed by atoms with Crippen molar-refractivity contribution in [2.75, 3.05) is 6.61 Å². The van der Waals surface area contributed by atoms with E-state index in [1.807, 2.05) is 18.2 Å². The Bertz CT molecular complexity index is 844. The summed E-state index contributed by atoms with van der Waals surface area (Å²) in [6.45, 7) is 2.11. The van der Waals surface area contributed by atoms with Crippen molar-refractivity contribution in [3.8, 4) is 5.69 Å². The van der Waals surface area contributed by atoms with Crippen LogP contribution in [0.4, 0.5) is 0 Å². The van der Waals surface area contributed by atoms with Crippen LogP contribution >= 0.6 is 0 Å². The first-order valence-corrected chi connectivity index (χ1v) is 6.68. The average molecular weight is 282 g/mol. The van der Waals surface area contributed by atoms with Crippen LogP contribution < -0.4 is 5.56 Å². The molecule has 0 bridgehead atoms. The van der Waals surface area contributed by atoms with Gasteiger partial charge in [-0.05, 0) is 43.3 Å². The number of nitrogens with one attached hydrogen (secondary N) is 1. The lowest BCUT2D eigenvalue weighted by Gasteiger charge is -2.06. The lowest BCUT2D eigenvalue weighted by Crippen LogP contribution is -2.06. The molecule has 5 nitrogen and oxygen atoms in total. The Morgan fingerprint density at radius 3 is 2.57 bits per heavy atom. The number of carbonyl (C=O) groups excluding carboxylic acids is 1. The number of ether oxygens (including phenoxy) is 1. The first kappa shape index (κ1) is 13.2. The number of para-hydroxylation sites is 1. The van der Waals surface area contributed by atoms with Gasteiger partial charge < -0.3 is 4.74 Å². The number of hydrogen-bond acceptors (Lipinski definition) is 3. The summed E-state index contributed by atoms with van der Waals surface area (Å²) < 4.78 is 6.65. The maximum Gasteiger partial charge on any atom is 0.338 e. The quantitative estimate of drug-likeness (QED) is 0.751. The number of aromatic amines is 1. The first-order chi connectivity index (χ1) is 10.2. The van der Waals surface area contributed by atoms with Crippen LogP contribution in [0, 0.1) is 0 Å². The predicted molar refractivity (Wildman–Crippen MR) is 79.9 cm³/mol. The molecule has 3 rings (SSSR count). The molecule has 0 radical (unpaired) electrons. The highest BCUT2D eigenvalue weighted by Gasteiger charge is 2.09. The molecule has 0 aliphatic carbocycles. The van der Waals surface area contributed by atoms with Crippen LogP contribution in [0.15, 0.2) is 53.3 Å². The molecule has 0 aliphatic heterocycles.